The van der Waals surface area contributed by atoms with Crippen molar-refractivity contribution in [1.82, 2.24) is 21.3 Å². The number of esters is 5. The highest BCUT2D eigenvalue weighted by atomic mass is 16.6. The summed E-state index contributed by atoms with van der Waals surface area (Å²) in [7, 11) is 0. The summed E-state index contributed by atoms with van der Waals surface area (Å²) in [5, 5.41) is 19.5. The third-order valence-corrected chi connectivity index (χ3v) is 11.2. The first-order valence-electron chi connectivity index (χ1n) is 28.4. The molecule has 0 fully saturated rings. The van der Waals surface area contributed by atoms with Crippen LogP contribution in [0.5, 0.6) is 0 Å². The topological polar surface area (TPSA) is 285 Å². The molecule has 4 amide bonds. The van der Waals surface area contributed by atoms with Crippen molar-refractivity contribution in [3.05, 3.63) is 0 Å². The number of carbonyl (C=O) groups excluding carboxylic acids is 9. The van der Waals surface area contributed by atoms with Gasteiger partial charge in [0.1, 0.15) is 52.2 Å². The highest BCUT2D eigenvalue weighted by Gasteiger charge is 2.33. The zero-order chi connectivity index (χ0) is 59.9. The number of ether oxygens (including phenoxy) is 5. The highest BCUT2D eigenvalue weighted by Crippen LogP contribution is 2.19. The first-order chi connectivity index (χ1) is 35.8. The Bertz CT molecular complexity index is 1900. The molecule has 0 bridgehead atoms. The Morgan fingerprint density at radius 1 is 0.295 bits per heavy atom. The number of carboxylic acid groups (broad SMARTS) is 1. The predicted molar refractivity (Wildman–Crippen MR) is 295 cm³/mol. The SMILES string of the molecule is CC(C)(C)OC(=O)CCCCCCCCCCCCCCCCC(=O)NC(CCC(=O)NC(CCC(=O)NC(CCC(=O)NC(CCC(=O)O)C(=O)OC(C)(C)C)C(=O)OC(C)(C)C)C(=O)OC(C)(C)C)C(=O)OC(C)(C)C. The van der Waals surface area contributed by atoms with Crippen LogP contribution in [0.3, 0.4) is 0 Å². The fourth-order valence-corrected chi connectivity index (χ4v) is 7.72. The summed E-state index contributed by atoms with van der Waals surface area (Å²) in [5.41, 5.74) is -4.23. The minimum Gasteiger partial charge on any atom is -0.481 e. The van der Waals surface area contributed by atoms with Crippen molar-refractivity contribution < 1.29 is 76.7 Å². The van der Waals surface area contributed by atoms with Crippen LogP contribution in [-0.2, 0) is 71.6 Å². The molecule has 0 aromatic carbocycles. The minimum absolute atomic E-state index is 0.126. The molecule has 0 aliphatic carbocycles. The Morgan fingerprint density at radius 3 is 0.731 bits per heavy atom. The molecule has 20 nitrogen and oxygen atoms in total. The molecule has 78 heavy (non-hydrogen) atoms. The van der Waals surface area contributed by atoms with Gasteiger partial charge < -0.3 is 50.1 Å². The molecule has 4 atom stereocenters. The van der Waals surface area contributed by atoms with Gasteiger partial charge in [0.25, 0.3) is 0 Å². The maximum Gasteiger partial charge on any atom is 0.329 e. The Labute approximate surface area is 466 Å². The van der Waals surface area contributed by atoms with Crippen molar-refractivity contribution in [2.24, 2.45) is 0 Å². The van der Waals surface area contributed by atoms with Gasteiger partial charge in [-0.15, -0.1) is 0 Å². The lowest BCUT2D eigenvalue weighted by Crippen LogP contribution is -2.48. The minimum atomic E-state index is -1.38. The van der Waals surface area contributed by atoms with E-state index in [1.54, 1.807) is 83.1 Å². The number of carbonyl (C=O) groups is 10. The van der Waals surface area contributed by atoms with E-state index < -0.39 is 119 Å². The lowest BCUT2D eigenvalue weighted by Gasteiger charge is -2.26. The Balaban J connectivity index is 5.45. The lowest BCUT2D eigenvalue weighted by molar-refractivity contribution is -0.160. The van der Waals surface area contributed by atoms with Crippen LogP contribution < -0.4 is 21.3 Å². The molecule has 0 saturated heterocycles. The molecule has 0 aliphatic rings. The van der Waals surface area contributed by atoms with Gasteiger partial charge >= 0.3 is 35.8 Å². The molecule has 0 saturated carbocycles. The van der Waals surface area contributed by atoms with E-state index in [0.717, 1.165) is 51.4 Å². The second-order valence-corrected chi connectivity index (χ2v) is 25.2. The van der Waals surface area contributed by atoms with E-state index in [0.29, 0.717) is 12.8 Å². The van der Waals surface area contributed by atoms with Gasteiger partial charge in [-0.3, -0.25) is 28.8 Å². The van der Waals surface area contributed by atoms with E-state index in [1.807, 2.05) is 20.8 Å². The van der Waals surface area contributed by atoms with Gasteiger partial charge in [-0.05, 0) is 142 Å². The number of carboxylic acids is 1. The van der Waals surface area contributed by atoms with Crippen molar-refractivity contribution in [2.45, 2.75) is 310 Å². The smallest absolute Gasteiger partial charge is 0.329 e. The average molecular weight is 1110 g/mol. The molecule has 4 unspecified atom stereocenters. The van der Waals surface area contributed by atoms with Crippen molar-refractivity contribution in [2.75, 3.05) is 0 Å². The quantitative estimate of drug-likeness (QED) is 0.0220. The first kappa shape index (κ1) is 72.7. The fraction of sp³-hybridized carbons (Fsp3) is 0.828. The average Bonchev–Trinajstić information content (AvgIpc) is 3.25. The van der Waals surface area contributed by atoms with Crippen LogP contribution in [0.25, 0.3) is 0 Å². The molecule has 0 aliphatic heterocycles. The fourth-order valence-electron chi connectivity index (χ4n) is 7.72. The van der Waals surface area contributed by atoms with Gasteiger partial charge in [-0.25, -0.2) is 19.2 Å². The summed E-state index contributed by atoms with van der Waals surface area (Å²) in [5.74, 6) is -7.12. The zero-order valence-electron chi connectivity index (χ0n) is 50.4. The second kappa shape index (κ2) is 36.1. The number of rotatable bonds is 37. The summed E-state index contributed by atoms with van der Waals surface area (Å²) in [4.78, 5) is 129. The van der Waals surface area contributed by atoms with Crippen molar-refractivity contribution in [3.63, 3.8) is 0 Å². The van der Waals surface area contributed by atoms with E-state index in [4.69, 9.17) is 23.7 Å². The molecule has 0 spiro atoms. The summed E-state index contributed by atoms with van der Waals surface area (Å²) in [6.07, 6.45) is 12.9. The summed E-state index contributed by atoms with van der Waals surface area (Å²) in [6.45, 7) is 25.2. The molecule has 0 aromatic rings. The number of hydrogen-bond acceptors (Lipinski definition) is 15. The monoisotopic (exact) mass is 1110 g/mol. The lowest BCUT2D eigenvalue weighted by atomic mass is 10.0. The molecule has 450 valence electrons. The molecule has 0 rings (SSSR count). The number of aliphatic carboxylic acids is 1. The van der Waals surface area contributed by atoms with E-state index in [-0.39, 0.29) is 50.4 Å². The Morgan fingerprint density at radius 2 is 0.500 bits per heavy atom. The van der Waals surface area contributed by atoms with Gasteiger partial charge in [0.2, 0.25) is 23.6 Å². The van der Waals surface area contributed by atoms with Crippen LogP contribution in [0.2, 0.25) is 0 Å². The van der Waals surface area contributed by atoms with Gasteiger partial charge in [0, 0.05) is 38.5 Å². The largest absolute Gasteiger partial charge is 0.481 e. The van der Waals surface area contributed by atoms with E-state index in [1.165, 1.54) is 32.1 Å². The van der Waals surface area contributed by atoms with Gasteiger partial charge in [-0.2, -0.15) is 0 Å². The number of hydrogen-bond donors (Lipinski definition) is 5. The van der Waals surface area contributed by atoms with Gasteiger partial charge in [0.05, 0.1) is 0 Å². The van der Waals surface area contributed by atoms with Crippen LogP contribution in [0.15, 0.2) is 0 Å². The molecule has 20 heteroatoms. The van der Waals surface area contributed by atoms with Crippen molar-refractivity contribution in [1.29, 1.82) is 0 Å². The van der Waals surface area contributed by atoms with Crippen LogP contribution >= 0.6 is 0 Å². The van der Waals surface area contributed by atoms with Gasteiger partial charge in [0.15, 0.2) is 0 Å². The van der Waals surface area contributed by atoms with Gasteiger partial charge in [-0.1, -0.05) is 77.0 Å². The Hall–Kier alpha value is -5.30. The third kappa shape index (κ3) is 41.8. The maximum atomic E-state index is 13.5. The normalized spacial score (nSPS) is 13.6. The van der Waals surface area contributed by atoms with Crippen molar-refractivity contribution in [3.8, 4) is 0 Å². The molecular weight excluding hydrogens is 1010 g/mol. The summed E-state index contributed by atoms with van der Waals surface area (Å²) >= 11 is 0. The first-order valence-corrected chi connectivity index (χ1v) is 28.4. The highest BCUT2D eigenvalue weighted by molar-refractivity contribution is 5.89. The van der Waals surface area contributed by atoms with Crippen molar-refractivity contribution >= 4 is 59.4 Å². The van der Waals surface area contributed by atoms with E-state index in [9.17, 15) is 53.1 Å². The number of nitrogens with one attached hydrogen (secondary N) is 4. The molecule has 0 aromatic heterocycles. The molecule has 0 heterocycles. The maximum absolute atomic E-state index is 13.5. The van der Waals surface area contributed by atoms with E-state index >= 15 is 0 Å². The van der Waals surface area contributed by atoms with Crippen LogP contribution in [0, 0.1) is 0 Å². The van der Waals surface area contributed by atoms with Crippen LogP contribution in [0.1, 0.15) is 258 Å². The van der Waals surface area contributed by atoms with E-state index in [2.05, 4.69) is 21.3 Å². The number of unbranched alkanes of at least 4 members (excludes halogenated alkanes) is 13. The number of amides is 4. The van der Waals surface area contributed by atoms with Crippen LogP contribution in [-0.4, -0.2) is 117 Å². The van der Waals surface area contributed by atoms with Crippen LogP contribution in [0.4, 0.5) is 0 Å². The zero-order valence-corrected chi connectivity index (χ0v) is 50.4. The molecule has 0 radical (unpaired) electrons. The molecule has 5 N–H and O–H groups in total. The second-order valence-electron chi connectivity index (χ2n) is 25.2. The predicted octanol–water partition coefficient (Wildman–Crippen LogP) is 9.08. The summed E-state index contributed by atoms with van der Waals surface area (Å²) in [6, 6.07) is -5.20. The molecular formula is C58H102N4O16. The standard InChI is InChI=1S/C58H102N4O16/c1-54(2,3)74-49(69)31-29-27-25-23-21-19-17-16-18-20-22-24-26-28-30-44(63)59-40(50(70)75-55(4,5)6)32-36-45(64)60-41(51(71)76-56(7,8)9)33-37-46(65)61-42(52(72)77-57(10,11)12)34-38-47(66)62-43(35-39-48(67)68)53(73)78-58(13,14)15/h40-43H,16-39H2,1-15H3,(H,59,63)(H,60,64)(H,61,65)(H,62,66)(H,67,68). The third-order valence-electron chi connectivity index (χ3n) is 11.2. The Kier molecular flexibility index (Phi) is 33.6. The summed E-state index contributed by atoms with van der Waals surface area (Å²) < 4.78 is 27.4.